The number of ether oxygens (including phenoxy) is 1. The van der Waals surface area contributed by atoms with Crippen LogP contribution in [-0.4, -0.2) is 55.6 Å². The largest absolute Gasteiger partial charge is 0.444 e. The Morgan fingerprint density at radius 3 is 2.33 bits per heavy atom. The molecule has 1 aliphatic carbocycles. The standard InChI is InChI=1S/C22H25N5O6/c1-22(2,3)32-21(31)23-15-10-6-7-11-17(15)26-12-16(24-25-26)20(30)33-27-18(28)13-8-4-5-9-14(13)19(27)29/h4-5,8-9,12,15,17H,6-7,10-11H2,1-3H3,(H,23,31)/t15-,17+/m1/s1. The van der Waals surface area contributed by atoms with Gasteiger partial charge in [0.15, 0.2) is 5.69 Å². The highest BCUT2D eigenvalue weighted by molar-refractivity contribution is 6.21. The lowest BCUT2D eigenvalue weighted by molar-refractivity contribution is -0.0588. The van der Waals surface area contributed by atoms with Crippen LogP contribution in [0.2, 0.25) is 0 Å². The molecule has 11 heteroatoms. The van der Waals surface area contributed by atoms with Crippen molar-refractivity contribution in [2.24, 2.45) is 0 Å². The monoisotopic (exact) mass is 455 g/mol. The topological polar surface area (TPSA) is 133 Å². The van der Waals surface area contributed by atoms with Gasteiger partial charge >= 0.3 is 12.1 Å². The smallest absolute Gasteiger partial charge is 0.407 e. The fourth-order valence-electron chi connectivity index (χ4n) is 3.97. The number of hydroxylamine groups is 2. The number of benzene rings is 1. The van der Waals surface area contributed by atoms with Crippen molar-refractivity contribution >= 4 is 23.9 Å². The molecule has 174 valence electrons. The lowest BCUT2D eigenvalue weighted by Gasteiger charge is -2.32. The molecule has 0 saturated heterocycles. The van der Waals surface area contributed by atoms with Crippen molar-refractivity contribution < 1.29 is 28.8 Å². The molecule has 2 atom stereocenters. The van der Waals surface area contributed by atoms with E-state index in [2.05, 4.69) is 15.6 Å². The van der Waals surface area contributed by atoms with Crippen molar-refractivity contribution in [3.05, 3.63) is 47.3 Å². The van der Waals surface area contributed by atoms with Crippen LogP contribution in [0, 0.1) is 0 Å². The van der Waals surface area contributed by atoms with Gasteiger partial charge in [0.05, 0.1) is 29.4 Å². The van der Waals surface area contributed by atoms with E-state index >= 15 is 0 Å². The molecular formula is C22H25N5O6. The van der Waals surface area contributed by atoms with Gasteiger partial charge in [-0.05, 0) is 45.7 Å². The number of amides is 3. The number of nitrogens with zero attached hydrogens (tertiary/aromatic N) is 4. The molecule has 1 aliphatic heterocycles. The maximum Gasteiger partial charge on any atom is 0.407 e. The van der Waals surface area contributed by atoms with Gasteiger partial charge in [-0.25, -0.2) is 14.3 Å². The minimum Gasteiger partial charge on any atom is -0.444 e. The number of nitrogens with one attached hydrogen (secondary N) is 1. The molecule has 0 spiro atoms. The Labute approximate surface area is 190 Å². The van der Waals surface area contributed by atoms with Gasteiger partial charge in [-0.2, -0.15) is 0 Å². The molecule has 4 rings (SSSR count). The van der Waals surface area contributed by atoms with Crippen LogP contribution in [-0.2, 0) is 9.57 Å². The zero-order valence-electron chi connectivity index (χ0n) is 18.6. The Morgan fingerprint density at radius 1 is 1.06 bits per heavy atom. The van der Waals surface area contributed by atoms with Crippen LogP contribution < -0.4 is 5.32 Å². The van der Waals surface area contributed by atoms with E-state index in [4.69, 9.17) is 9.57 Å². The second-order valence-electron chi connectivity index (χ2n) is 9.02. The van der Waals surface area contributed by atoms with E-state index in [-0.39, 0.29) is 28.9 Å². The molecule has 1 aromatic carbocycles. The number of rotatable bonds is 4. The van der Waals surface area contributed by atoms with Crippen molar-refractivity contribution in [1.82, 2.24) is 25.4 Å². The normalized spacial score (nSPS) is 20.4. The molecule has 11 nitrogen and oxygen atoms in total. The van der Waals surface area contributed by atoms with Crippen molar-refractivity contribution in [1.29, 1.82) is 0 Å². The fraction of sp³-hybridized carbons (Fsp3) is 0.455. The highest BCUT2D eigenvalue weighted by Gasteiger charge is 2.39. The van der Waals surface area contributed by atoms with Crippen LogP contribution in [0.4, 0.5) is 4.79 Å². The summed E-state index contributed by atoms with van der Waals surface area (Å²) in [6, 6.07) is 5.72. The molecule has 2 aliphatic rings. The summed E-state index contributed by atoms with van der Waals surface area (Å²) in [7, 11) is 0. The average Bonchev–Trinajstić information content (AvgIpc) is 3.33. The van der Waals surface area contributed by atoms with Gasteiger partial charge < -0.3 is 14.9 Å². The zero-order valence-corrected chi connectivity index (χ0v) is 18.6. The third-order valence-corrected chi connectivity index (χ3v) is 5.42. The lowest BCUT2D eigenvalue weighted by Crippen LogP contribution is -2.45. The van der Waals surface area contributed by atoms with E-state index in [9.17, 15) is 19.2 Å². The number of carbonyl (C=O) groups is 4. The minimum atomic E-state index is -0.983. The van der Waals surface area contributed by atoms with Crippen LogP contribution in [0.3, 0.4) is 0 Å². The van der Waals surface area contributed by atoms with Crippen molar-refractivity contribution in [3.8, 4) is 0 Å². The molecular weight excluding hydrogens is 430 g/mol. The Kier molecular flexibility index (Phi) is 5.88. The number of hydrogen-bond acceptors (Lipinski definition) is 8. The summed E-state index contributed by atoms with van der Waals surface area (Å²) >= 11 is 0. The fourth-order valence-corrected chi connectivity index (χ4v) is 3.97. The van der Waals surface area contributed by atoms with Gasteiger partial charge in [-0.15, -0.1) is 5.10 Å². The summed E-state index contributed by atoms with van der Waals surface area (Å²) in [5.74, 6) is -2.42. The molecule has 33 heavy (non-hydrogen) atoms. The SMILES string of the molecule is CC(C)(C)OC(=O)N[C@@H]1CCCC[C@@H]1n1cc(C(=O)ON2C(=O)c3ccccc3C2=O)nn1. The summed E-state index contributed by atoms with van der Waals surface area (Å²) in [6.07, 6.45) is 4.16. The molecule has 1 aromatic heterocycles. The van der Waals surface area contributed by atoms with Gasteiger partial charge in [0, 0.05) is 0 Å². The molecule has 1 N–H and O–H groups in total. The molecule has 1 fully saturated rings. The highest BCUT2D eigenvalue weighted by atomic mass is 16.7. The van der Waals surface area contributed by atoms with E-state index in [0.717, 1.165) is 25.7 Å². The number of imide groups is 1. The van der Waals surface area contributed by atoms with E-state index in [0.29, 0.717) is 5.06 Å². The van der Waals surface area contributed by atoms with E-state index in [1.165, 1.54) is 23.0 Å². The predicted molar refractivity (Wildman–Crippen MR) is 113 cm³/mol. The Morgan fingerprint density at radius 2 is 1.70 bits per heavy atom. The maximum atomic E-state index is 12.6. The van der Waals surface area contributed by atoms with Crippen LogP contribution >= 0.6 is 0 Å². The molecule has 1 saturated carbocycles. The molecule has 3 amide bonds. The van der Waals surface area contributed by atoms with Crippen LogP contribution in [0.25, 0.3) is 0 Å². The summed E-state index contributed by atoms with van der Waals surface area (Å²) in [5.41, 5.74) is -0.453. The van der Waals surface area contributed by atoms with Gasteiger partial charge in [-0.1, -0.05) is 35.3 Å². The average molecular weight is 455 g/mol. The van der Waals surface area contributed by atoms with Crippen LogP contribution in [0.5, 0.6) is 0 Å². The first-order valence-electron chi connectivity index (χ1n) is 10.8. The van der Waals surface area contributed by atoms with E-state index in [1.54, 1.807) is 32.9 Å². The Hall–Kier alpha value is -3.76. The lowest BCUT2D eigenvalue weighted by atomic mass is 9.90. The molecule has 0 bridgehead atoms. The van der Waals surface area contributed by atoms with E-state index < -0.39 is 29.5 Å². The van der Waals surface area contributed by atoms with Gasteiger partial charge in [0.2, 0.25) is 0 Å². The Bertz CT molecular complexity index is 1070. The van der Waals surface area contributed by atoms with Crippen molar-refractivity contribution in [2.45, 2.75) is 64.1 Å². The van der Waals surface area contributed by atoms with Crippen molar-refractivity contribution in [2.75, 3.05) is 0 Å². The minimum absolute atomic E-state index is 0.159. The number of fused-ring (bicyclic) bond motifs is 1. The summed E-state index contributed by atoms with van der Waals surface area (Å²) in [5, 5.41) is 11.2. The molecule has 0 radical (unpaired) electrons. The van der Waals surface area contributed by atoms with Gasteiger partial charge in [-0.3, -0.25) is 9.59 Å². The third kappa shape index (κ3) is 4.71. The quantitative estimate of drug-likeness (QED) is 0.696. The predicted octanol–water partition coefficient (Wildman–Crippen LogP) is 2.65. The number of hydrogen-bond donors (Lipinski definition) is 1. The van der Waals surface area contributed by atoms with Gasteiger partial charge in [0.25, 0.3) is 11.8 Å². The first-order valence-corrected chi connectivity index (χ1v) is 10.8. The van der Waals surface area contributed by atoms with Crippen LogP contribution in [0.15, 0.2) is 30.5 Å². The first kappa shape index (κ1) is 22.4. The molecule has 2 heterocycles. The number of carbonyl (C=O) groups excluding carboxylic acids is 4. The van der Waals surface area contributed by atoms with E-state index in [1.807, 2.05) is 0 Å². The molecule has 0 unspecified atom stereocenters. The third-order valence-electron chi connectivity index (χ3n) is 5.42. The second kappa shape index (κ2) is 8.64. The van der Waals surface area contributed by atoms with Crippen molar-refractivity contribution in [3.63, 3.8) is 0 Å². The highest BCUT2D eigenvalue weighted by Crippen LogP contribution is 2.29. The summed E-state index contributed by atoms with van der Waals surface area (Å²) in [6.45, 7) is 5.36. The number of alkyl carbamates (subject to hydrolysis) is 1. The second-order valence-corrected chi connectivity index (χ2v) is 9.02. The van der Waals surface area contributed by atoms with Crippen LogP contribution in [0.1, 0.15) is 83.7 Å². The summed E-state index contributed by atoms with van der Waals surface area (Å²) in [4.78, 5) is 54.7. The first-order chi connectivity index (χ1) is 15.6. The van der Waals surface area contributed by atoms with Gasteiger partial charge in [0.1, 0.15) is 5.60 Å². The summed E-state index contributed by atoms with van der Waals surface area (Å²) < 4.78 is 6.85. The number of aromatic nitrogens is 3. The molecule has 2 aromatic rings. The maximum absolute atomic E-state index is 12.6. The zero-order chi connectivity index (χ0) is 23.8. The Balaban J connectivity index is 1.44.